The molecule has 25 heavy (non-hydrogen) atoms. The third-order valence-corrected chi connectivity index (χ3v) is 6.95. The summed E-state index contributed by atoms with van der Waals surface area (Å²) in [5.74, 6) is 0. The molecule has 0 amide bonds. The molecule has 0 radical (unpaired) electrons. The van der Waals surface area contributed by atoms with Crippen LogP contribution < -0.4 is 15.4 Å². The smallest absolute Gasteiger partial charge is 0.259 e. The SMILES string of the molecule is Cc1csc2nc(C[NH+]3CC[NH+](Cc4ccc(Cl)s4)CC3)cc(=O)n12. The summed E-state index contributed by atoms with van der Waals surface area (Å²) < 4.78 is 2.56. The number of hydrogen-bond acceptors (Lipinski definition) is 4. The van der Waals surface area contributed by atoms with Gasteiger partial charge in [-0.2, -0.15) is 0 Å². The minimum atomic E-state index is 0.0389. The van der Waals surface area contributed by atoms with Crippen LogP contribution in [0.3, 0.4) is 0 Å². The normalized spacial score (nSPS) is 21.0. The second kappa shape index (κ2) is 7.17. The van der Waals surface area contributed by atoms with Crippen LogP contribution in [-0.2, 0) is 13.1 Å². The number of nitrogens with one attached hydrogen (secondary N) is 2. The Morgan fingerprint density at radius 2 is 1.92 bits per heavy atom. The first-order chi connectivity index (χ1) is 12.1. The van der Waals surface area contributed by atoms with Gasteiger partial charge in [-0.05, 0) is 19.1 Å². The van der Waals surface area contributed by atoms with Crippen LogP contribution in [0.4, 0.5) is 0 Å². The summed E-state index contributed by atoms with van der Waals surface area (Å²) in [6, 6.07) is 5.82. The van der Waals surface area contributed by atoms with Gasteiger partial charge in [0.2, 0.25) is 0 Å². The lowest BCUT2D eigenvalue weighted by Gasteiger charge is -2.29. The molecule has 0 aliphatic carbocycles. The van der Waals surface area contributed by atoms with E-state index in [2.05, 4.69) is 11.1 Å². The topological polar surface area (TPSA) is 43.2 Å². The summed E-state index contributed by atoms with van der Waals surface area (Å²) in [5.41, 5.74) is 1.91. The number of halogens is 1. The highest BCUT2D eigenvalue weighted by molar-refractivity contribution is 7.16. The molecular weight excluding hydrogens is 376 g/mol. The van der Waals surface area contributed by atoms with Crippen LogP contribution >= 0.6 is 34.3 Å². The molecule has 0 unspecified atom stereocenters. The van der Waals surface area contributed by atoms with E-state index in [0.29, 0.717) is 0 Å². The van der Waals surface area contributed by atoms with Crippen molar-refractivity contribution in [1.29, 1.82) is 0 Å². The monoisotopic (exact) mass is 396 g/mol. The molecule has 8 heteroatoms. The highest BCUT2D eigenvalue weighted by atomic mass is 35.5. The van der Waals surface area contributed by atoms with Crippen molar-refractivity contribution in [2.24, 2.45) is 0 Å². The van der Waals surface area contributed by atoms with Gasteiger partial charge in [-0.15, -0.1) is 22.7 Å². The summed E-state index contributed by atoms with van der Waals surface area (Å²) in [4.78, 5) is 22.3. The van der Waals surface area contributed by atoms with Gasteiger partial charge < -0.3 is 9.80 Å². The lowest BCUT2D eigenvalue weighted by Crippen LogP contribution is -3.27. The Labute approximate surface area is 159 Å². The minimum Gasteiger partial charge on any atom is -0.321 e. The van der Waals surface area contributed by atoms with E-state index in [9.17, 15) is 4.79 Å². The Kier molecular flexibility index (Phi) is 4.92. The average molecular weight is 397 g/mol. The molecule has 0 spiro atoms. The van der Waals surface area contributed by atoms with Crippen LogP contribution in [0.25, 0.3) is 4.96 Å². The molecule has 0 aromatic carbocycles. The number of aromatic nitrogens is 2. The van der Waals surface area contributed by atoms with Crippen molar-refractivity contribution in [2.45, 2.75) is 20.0 Å². The third-order valence-electron chi connectivity index (χ3n) is 4.78. The minimum absolute atomic E-state index is 0.0389. The predicted octanol–water partition coefficient (Wildman–Crippen LogP) is 0.263. The maximum absolute atomic E-state index is 12.3. The fourth-order valence-electron chi connectivity index (χ4n) is 3.45. The molecule has 3 aromatic rings. The summed E-state index contributed by atoms with van der Waals surface area (Å²) in [6.45, 7) is 8.35. The summed E-state index contributed by atoms with van der Waals surface area (Å²) >= 11 is 9.24. The second-order valence-electron chi connectivity index (χ2n) is 6.64. The highest BCUT2D eigenvalue weighted by Crippen LogP contribution is 2.20. The molecule has 1 aliphatic heterocycles. The number of nitrogens with zero attached hydrogens (tertiary/aromatic N) is 2. The van der Waals surface area contributed by atoms with E-state index < -0.39 is 0 Å². The molecule has 132 valence electrons. The zero-order valence-corrected chi connectivity index (χ0v) is 16.4. The molecule has 3 aromatic heterocycles. The van der Waals surface area contributed by atoms with Crippen LogP contribution in [0.2, 0.25) is 4.34 Å². The van der Waals surface area contributed by atoms with Gasteiger partial charge in [0.15, 0.2) is 4.96 Å². The number of piperazine rings is 1. The lowest BCUT2D eigenvalue weighted by molar-refractivity contribution is -1.02. The quantitative estimate of drug-likeness (QED) is 0.664. The number of thiophene rings is 1. The summed E-state index contributed by atoms with van der Waals surface area (Å²) in [5, 5.41) is 1.99. The van der Waals surface area contributed by atoms with Gasteiger partial charge in [0.05, 0.1) is 9.21 Å². The molecule has 1 aliphatic rings. The average Bonchev–Trinajstić information content (AvgIpc) is 3.15. The van der Waals surface area contributed by atoms with Gasteiger partial charge in [0, 0.05) is 17.1 Å². The Morgan fingerprint density at radius 1 is 1.20 bits per heavy atom. The van der Waals surface area contributed by atoms with Crippen LogP contribution in [0, 0.1) is 6.92 Å². The fraction of sp³-hybridized carbons (Fsp3) is 0.412. The Bertz CT molecular complexity index is 940. The van der Waals surface area contributed by atoms with Crippen molar-refractivity contribution in [2.75, 3.05) is 26.2 Å². The van der Waals surface area contributed by atoms with Crippen molar-refractivity contribution in [1.82, 2.24) is 9.38 Å². The van der Waals surface area contributed by atoms with Crippen molar-refractivity contribution in [3.05, 3.63) is 54.5 Å². The van der Waals surface area contributed by atoms with Crippen molar-refractivity contribution in [3.8, 4) is 0 Å². The molecule has 4 heterocycles. The van der Waals surface area contributed by atoms with Gasteiger partial charge in [0.25, 0.3) is 5.56 Å². The first kappa shape index (κ1) is 17.2. The van der Waals surface area contributed by atoms with Crippen molar-refractivity contribution in [3.63, 3.8) is 0 Å². The first-order valence-corrected chi connectivity index (χ1v) is 10.5. The number of rotatable bonds is 4. The maximum Gasteiger partial charge on any atom is 0.259 e. The molecule has 1 fully saturated rings. The molecule has 0 saturated carbocycles. The molecule has 4 rings (SSSR count). The Morgan fingerprint density at radius 3 is 2.60 bits per heavy atom. The summed E-state index contributed by atoms with van der Waals surface area (Å²) in [6.07, 6.45) is 0. The Balaban J connectivity index is 1.38. The number of thiazole rings is 1. The molecular formula is C17H21ClN4OS2+2. The van der Waals surface area contributed by atoms with E-state index in [1.165, 1.54) is 21.1 Å². The highest BCUT2D eigenvalue weighted by Gasteiger charge is 2.24. The van der Waals surface area contributed by atoms with Crippen LogP contribution in [-0.4, -0.2) is 35.6 Å². The van der Waals surface area contributed by atoms with E-state index in [4.69, 9.17) is 11.6 Å². The predicted molar refractivity (Wildman–Crippen MR) is 102 cm³/mol. The van der Waals surface area contributed by atoms with E-state index in [1.54, 1.807) is 26.7 Å². The standard InChI is InChI=1S/C17H19ClN4OS2/c1-12-11-24-17-19-13(8-16(23)22(12)17)9-20-4-6-21(7-5-20)10-14-2-3-15(18)25-14/h2-3,8,11H,4-7,9-10H2,1H3/p+2. The largest absolute Gasteiger partial charge is 0.321 e. The second-order valence-corrected chi connectivity index (χ2v) is 9.28. The molecule has 2 N–H and O–H groups in total. The van der Waals surface area contributed by atoms with Crippen molar-refractivity contribution < 1.29 is 9.80 Å². The molecule has 5 nitrogen and oxygen atoms in total. The third kappa shape index (κ3) is 3.80. The zero-order chi connectivity index (χ0) is 17.4. The lowest BCUT2D eigenvalue weighted by atomic mass is 10.2. The van der Waals surface area contributed by atoms with Crippen LogP contribution in [0.15, 0.2) is 28.4 Å². The van der Waals surface area contributed by atoms with Gasteiger partial charge in [0.1, 0.15) is 45.0 Å². The molecule has 0 atom stereocenters. The van der Waals surface area contributed by atoms with Gasteiger partial charge in [-0.25, -0.2) is 4.98 Å². The zero-order valence-electron chi connectivity index (χ0n) is 14.0. The van der Waals surface area contributed by atoms with Crippen LogP contribution in [0.1, 0.15) is 16.3 Å². The van der Waals surface area contributed by atoms with E-state index >= 15 is 0 Å². The number of aryl methyl sites for hydroxylation is 1. The Hall–Kier alpha value is -1.25. The number of fused-ring (bicyclic) bond motifs is 1. The molecule has 1 saturated heterocycles. The van der Waals surface area contributed by atoms with E-state index in [0.717, 1.165) is 60.0 Å². The van der Waals surface area contributed by atoms with E-state index in [1.807, 2.05) is 18.4 Å². The van der Waals surface area contributed by atoms with Gasteiger partial charge >= 0.3 is 0 Å². The fourth-order valence-corrected chi connectivity index (χ4v) is 5.50. The number of hydrogen-bond donors (Lipinski definition) is 2. The van der Waals surface area contributed by atoms with Gasteiger partial charge in [-0.1, -0.05) is 11.6 Å². The van der Waals surface area contributed by atoms with Crippen molar-refractivity contribution >= 4 is 39.2 Å². The first-order valence-electron chi connectivity index (χ1n) is 8.46. The number of quaternary nitrogens is 2. The maximum atomic E-state index is 12.3. The van der Waals surface area contributed by atoms with E-state index in [-0.39, 0.29) is 5.56 Å². The van der Waals surface area contributed by atoms with Gasteiger partial charge in [-0.3, -0.25) is 9.20 Å². The summed E-state index contributed by atoms with van der Waals surface area (Å²) in [7, 11) is 0. The molecule has 0 bridgehead atoms. The van der Waals surface area contributed by atoms with Crippen LogP contribution in [0.5, 0.6) is 0 Å².